The van der Waals surface area contributed by atoms with E-state index in [0.717, 1.165) is 12.0 Å². The third-order valence-corrected chi connectivity index (χ3v) is 3.50. The highest BCUT2D eigenvalue weighted by Crippen LogP contribution is 2.37. The quantitative estimate of drug-likeness (QED) is 0.636. The number of hydrogen-bond donors (Lipinski definition) is 1. The van der Waals surface area contributed by atoms with Crippen LogP contribution in [0.3, 0.4) is 0 Å². The Kier molecular flexibility index (Phi) is 1.58. The molecule has 1 fully saturated rings. The van der Waals surface area contributed by atoms with Gasteiger partial charge in [0.15, 0.2) is 0 Å². The molecule has 0 unspecified atom stereocenters. The molecule has 68 valence electrons. The van der Waals surface area contributed by atoms with Crippen molar-refractivity contribution in [1.82, 2.24) is 0 Å². The van der Waals surface area contributed by atoms with E-state index in [0.29, 0.717) is 0 Å². The third kappa shape index (κ3) is 1.14. The Morgan fingerprint density at radius 2 is 2.08 bits per heavy atom. The van der Waals surface area contributed by atoms with Crippen molar-refractivity contribution >= 4 is 5.69 Å². The Morgan fingerprint density at radius 3 is 3.08 bits per heavy atom. The Bertz CT molecular complexity index is 288. The minimum absolute atomic E-state index is 0.773. The lowest BCUT2D eigenvalue weighted by molar-refractivity contribution is 0.487. The highest BCUT2D eigenvalue weighted by Gasteiger charge is 2.31. The van der Waals surface area contributed by atoms with E-state index in [9.17, 15) is 0 Å². The third-order valence-electron chi connectivity index (χ3n) is 3.50. The maximum atomic E-state index is 3.66. The fourth-order valence-electron chi connectivity index (χ4n) is 2.79. The van der Waals surface area contributed by atoms with Crippen molar-refractivity contribution in [3.63, 3.8) is 0 Å². The van der Waals surface area contributed by atoms with E-state index in [-0.39, 0.29) is 0 Å². The van der Waals surface area contributed by atoms with Crippen LogP contribution < -0.4 is 5.32 Å². The van der Waals surface area contributed by atoms with Crippen LogP contribution in [0, 0.1) is 5.92 Å². The second kappa shape index (κ2) is 2.76. The Morgan fingerprint density at radius 1 is 1.15 bits per heavy atom. The summed E-state index contributed by atoms with van der Waals surface area (Å²) in [6.07, 6.45) is 5.51. The molecule has 0 bridgehead atoms. The number of anilines is 1. The first-order chi connectivity index (χ1) is 6.43. The van der Waals surface area contributed by atoms with Crippen molar-refractivity contribution in [2.45, 2.75) is 31.7 Å². The Labute approximate surface area is 79.2 Å². The van der Waals surface area contributed by atoms with E-state index in [4.69, 9.17) is 0 Å². The van der Waals surface area contributed by atoms with Crippen LogP contribution in [0.4, 0.5) is 5.69 Å². The van der Waals surface area contributed by atoms with Crippen molar-refractivity contribution in [2.75, 3.05) is 5.32 Å². The number of rotatable bonds is 0. The zero-order valence-corrected chi connectivity index (χ0v) is 7.79. The molecule has 0 amide bonds. The first-order valence-corrected chi connectivity index (χ1v) is 5.28. The maximum absolute atomic E-state index is 3.66. The van der Waals surface area contributed by atoms with Gasteiger partial charge in [-0.2, -0.15) is 0 Å². The van der Waals surface area contributed by atoms with E-state index in [1.807, 2.05) is 0 Å². The standard InChI is InChI=1S/C12H15N/c1-2-6-11-9(4-1)8-10-5-3-7-12(10)13-11/h1-2,4,6,10,12-13H,3,5,7-8H2/t10-,12+/m0/s1. The normalized spacial score (nSPS) is 30.5. The molecule has 1 aromatic carbocycles. The lowest BCUT2D eigenvalue weighted by atomic mass is 9.89. The van der Waals surface area contributed by atoms with E-state index in [1.165, 1.54) is 36.9 Å². The molecule has 2 atom stereocenters. The molecule has 1 N–H and O–H groups in total. The molecule has 1 aliphatic heterocycles. The van der Waals surface area contributed by atoms with Crippen LogP contribution in [-0.4, -0.2) is 6.04 Å². The van der Waals surface area contributed by atoms with Gasteiger partial charge in [0.05, 0.1) is 0 Å². The van der Waals surface area contributed by atoms with Crippen molar-refractivity contribution in [2.24, 2.45) is 5.92 Å². The molecule has 1 heterocycles. The van der Waals surface area contributed by atoms with Crippen LogP contribution in [0.1, 0.15) is 24.8 Å². The molecule has 2 aliphatic rings. The topological polar surface area (TPSA) is 12.0 Å². The summed E-state index contributed by atoms with van der Waals surface area (Å²) in [5.74, 6) is 0.912. The van der Waals surface area contributed by atoms with Crippen molar-refractivity contribution in [3.05, 3.63) is 29.8 Å². The molecule has 1 saturated carbocycles. The van der Waals surface area contributed by atoms with Crippen LogP contribution in [0.25, 0.3) is 0 Å². The Balaban J connectivity index is 1.97. The molecule has 1 nitrogen and oxygen atoms in total. The van der Waals surface area contributed by atoms with Gasteiger partial charge >= 0.3 is 0 Å². The maximum Gasteiger partial charge on any atom is 0.0375 e. The van der Waals surface area contributed by atoms with E-state index in [1.54, 1.807) is 0 Å². The minimum Gasteiger partial charge on any atom is -0.382 e. The number of hydrogen-bond acceptors (Lipinski definition) is 1. The van der Waals surface area contributed by atoms with Crippen molar-refractivity contribution < 1.29 is 0 Å². The molecule has 1 heteroatoms. The second-order valence-corrected chi connectivity index (χ2v) is 4.30. The zero-order chi connectivity index (χ0) is 8.67. The summed E-state index contributed by atoms with van der Waals surface area (Å²) in [7, 11) is 0. The number of nitrogens with one attached hydrogen (secondary N) is 1. The van der Waals surface area contributed by atoms with Gasteiger partial charge in [-0.3, -0.25) is 0 Å². The number of para-hydroxylation sites is 1. The summed E-state index contributed by atoms with van der Waals surface area (Å²) in [4.78, 5) is 0. The van der Waals surface area contributed by atoms with Crippen LogP contribution in [-0.2, 0) is 6.42 Å². The summed E-state index contributed by atoms with van der Waals surface area (Å²) in [5.41, 5.74) is 2.90. The minimum atomic E-state index is 0.773. The predicted molar refractivity (Wildman–Crippen MR) is 54.9 cm³/mol. The first kappa shape index (κ1) is 7.43. The monoisotopic (exact) mass is 173 g/mol. The number of benzene rings is 1. The van der Waals surface area contributed by atoms with E-state index in [2.05, 4.69) is 29.6 Å². The summed E-state index contributed by atoms with van der Waals surface area (Å²) in [6, 6.07) is 9.52. The van der Waals surface area contributed by atoms with Gasteiger partial charge < -0.3 is 5.32 Å². The smallest absolute Gasteiger partial charge is 0.0375 e. The van der Waals surface area contributed by atoms with E-state index < -0.39 is 0 Å². The van der Waals surface area contributed by atoms with Gasteiger partial charge in [-0.1, -0.05) is 24.6 Å². The van der Waals surface area contributed by atoms with Crippen molar-refractivity contribution in [3.8, 4) is 0 Å². The van der Waals surface area contributed by atoms with Crippen LogP contribution in [0.5, 0.6) is 0 Å². The largest absolute Gasteiger partial charge is 0.382 e. The number of fused-ring (bicyclic) bond motifs is 2. The van der Waals surface area contributed by atoms with Gasteiger partial charge in [0, 0.05) is 11.7 Å². The molecule has 0 aromatic heterocycles. The summed E-state index contributed by atoms with van der Waals surface area (Å²) in [6.45, 7) is 0. The predicted octanol–water partition coefficient (Wildman–Crippen LogP) is 2.82. The van der Waals surface area contributed by atoms with Gasteiger partial charge in [-0.05, 0) is 36.8 Å². The van der Waals surface area contributed by atoms with Gasteiger partial charge in [0.1, 0.15) is 0 Å². The average Bonchev–Trinajstić information content (AvgIpc) is 2.61. The van der Waals surface area contributed by atoms with Gasteiger partial charge in [-0.25, -0.2) is 0 Å². The van der Waals surface area contributed by atoms with Gasteiger partial charge in [-0.15, -0.1) is 0 Å². The molecular formula is C12H15N. The fourth-order valence-corrected chi connectivity index (χ4v) is 2.79. The molecule has 0 saturated heterocycles. The van der Waals surface area contributed by atoms with Gasteiger partial charge in [0.25, 0.3) is 0 Å². The van der Waals surface area contributed by atoms with Gasteiger partial charge in [0.2, 0.25) is 0 Å². The van der Waals surface area contributed by atoms with E-state index >= 15 is 0 Å². The lowest BCUT2D eigenvalue weighted by Crippen LogP contribution is -2.30. The highest BCUT2D eigenvalue weighted by atomic mass is 14.9. The van der Waals surface area contributed by atoms with Crippen LogP contribution in [0.15, 0.2) is 24.3 Å². The molecule has 0 spiro atoms. The summed E-state index contributed by atoms with van der Waals surface area (Å²) >= 11 is 0. The van der Waals surface area contributed by atoms with Crippen molar-refractivity contribution in [1.29, 1.82) is 0 Å². The molecule has 13 heavy (non-hydrogen) atoms. The SMILES string of the molecule is c1ccc2c(c1)C[C@@H]1CCC[C@H]1N2. The summed E-state index contributed by atoms with van der Waals surface area (Å²) < 4.78 is 0. The average molecular weight is 173 g/mol. The lowest BCUT2D eigenvalue weighted by Gasteiger charge is -2.29. The van der Waals surface area contributed by atoms with Crippen LogP contribution in [0.2, 0.25) is 0 Å². The zero-order valence-electron chi connectivity index (χ0n) is 7.79. The first-order valence-electron chi connectivity index (χ1n) is 5.28. The highest BCUT2D eigenvalue weighted by molar-refractivity contribution is 5.54. The Hall–Kier alpha value is -0.980. The fraction of sp³-hybridized carbons (Fsp3) is 0.500. The summed E-state index contributed by atoms with van der Waals surface area (Å²) in [5, 5.41) is 3.66. The molecule has 1 aliphatic carbocycles. The molecule has 1 aromatic rings. The molecule has 3 rings (SSSR count). The molecule has 0 radical (unpaired) electrons. The molecular weight excluding hydrogens is 158 g/mol. The second-order valence-electron chi connectivity index (χ2n) is 4.30. The van der Waals surface area contributed by atoms with Crippen LogP contribution >= 0.6 is 0 Å².